The molecule has 0 N–H and O–H groups in total. The molecule has 0 saturated heterocycles. The van der Waals surface area contributed by atoms with Crippen molar-refractivity contribution in [3.63, 3.8) is 0 Å². The molecule has 1 aliphatic rings. The lowest BCUT2D eigenvalue weighted by atomic mass is 9.85. The van der Waals surface area contributed by atoms with Crippen LogP contribution in [0, 0.1) is 6.57 Å². The van der Waals surface area contributed by atoms with E-state index in [0.29, 0.717) is 17.7 Å². The summed E-state index contributed by atoms with van der Waals surface area (Å²) in [7, 11) is 0. The first-order valence-electron chi connectivity index (χ1n) is 9.01. The molecule has 2 aromatic heterocycles. The fraction of sp³-hybridized carbons (Fsp3) is 0.381. The molecule has 3 aromatic rings. The second kappa shape index (κ2) is 6.14. The van der Waals surface area contributed by atoms with E-state index in [4.69, 9.17) is 11.0 Å². The Balaban J connectivity index is 1.64. The van der Waals surface area contributed by atoms with E-state index in [9.17, 15) is 0 Å². The number of nitrogens with zero attached hydrogens (tertiary/aromatic N) is 4. The predicted molar refractivity (Wildman–Crippen MR) is 101 cm³/mol. The first-order valence-corrected chi connectivity index (χ1v) is 9.01. The molecule has 1 fully saturated rings. The van der Waals surface area contributed by atoms with Crippen LogP contribution >= 0.6 is 0 Å². The lowest BCUT2D eigenvalue weighted by Gasteiger charge is -2.19. The van der Waals surface area contributed by atoms with Crippen LogP contribution in [-0.4, -0.2) is 14.8 Å². The Hall–Kier alpha value is -2.87. The molecule has 1 aromatic carbocycles. The Labute approximate surface area is 153 Å². The minimum absolute atomic E-state index is 0.125. The Morgan fingerprint density at radius 1 is 1.15 bits per heavy atom. The van der Waals surface area contributed by atoms with Crippen LogP contribution < -0.4 is 0 Å². The summed E-state index contributed by atoms with van der Waals surface area (Å²) < 4.78 is 7.50. The Morgan fingerprint density at radius 2 is 1.88 bits per heavy atom. The zero-order valence-corrected chi connectivity index (χ0v) is 15.4. The molecule has 26 heavy (non-hydrogen) atoms. The van der Waals surface area contributed by atoms with Crippen molar-refractivity contribution >= 4 is 5.82 Å². The molecule has 0 spiro atoms. The van der Waals surface area contributed by atoms with Gasteiger partial charge in [0.15, 0.2) is 0 Å². The minimum atomic E-state index is 0.125. The van der Waals surface area contributed by atoms with Crippen molar-refractivity contribution < 1.29 is 4.42 Å². The van der Waals surface area contributed by atoms with Gasteiger partial charge in [-0.2, -0.15) is 5.10 Å². The van der Waals surface area contributed by atoms with Crippen molar-refractivity contribution in [2.24, 2.45) is 0 Å². The summed E-state index contributed by atoms with van der Waals surface area (Å²) in [6.45, 7) is 14.0. The Morgan fingerprint density at radius 3 is 2.46 bits per heavy atom. The smallest absolute Gasteiger partial charge is 0.335 e. The first kappa shape index (κ1) is 16.6. The molecule has 5 heteroatoms. The van der Waals surface area contributed by atoms with Crippen molar-refractivity contribution in [3.05, 3.63) is 59.4 Å². The highest BCUT2D eigenvalue weighted by Crippen LogP contribution is 2.39. The quantitative estimate of drug-likeness (QED) is 0.576. The Kier molecular flexibility index (Phi) is 3.91. The van der Waals surface area contributed by atoms with Crippen molar-refractivity contribution in [1.29, 1.82) is 0 Å². The van der Waals surface area contributed by atoms with Crippen LogP contribution in [0.3, 0.4) is 0 Å². The van der Waals surface area contributed by atoms with Crippen molar-refractivity contribution in [3.8, 4) is 17.1 Å². The van der Waals surface area contributed by atoms with Gasteiger partial charge >= 0.3 is 5.82 Å². The largest absolute Gasteiger partial charge is 0.414 e. The number of aromatic nitrogens is 3. The molecule has 0 amide bonds. The number of hydrogen-bond donors (Lipinski definition) is 0. The van der Waals surface area contributed by atoms with Gasteiger partial charge in [-0.05, 0) is 29.9 Å². The zero-order chi connectivity index (χ0) is 18.3. The van der Waals surface area contributed by atoms with E-state index in [-0.39, 0.29) is 11.2 Å². The summed E-state index contributed by atoms with van der Waals surface area (Å²) in [5.41, 5.74) is 3.30. The summed E-state index contributed by atoms with van der Waals surface area (Å²) in [5, 5.41) is 4.61. The topological polar surface area (TPSA) is 48.2 Å². The Bertz CT molecular complexity index is 963. The fourth-order valence-electron chi connectivity index (χ4n) is 3.10. The monoisotopic (exact) mass is 346 g/mol. The van der Waals surface area contributed by atoms with Crippen LogP contribution in [0.5, 0.6) is 0 Å². The molecule has 5 nitrogen and oxygen atoms in total. The third-order valence-electron chi connectivity index (χ3n) is 5.01. The van der Waals surface area contributed by atoms with Crippen LogP contribution in [-0.2, 0) is 5.41 Å². The molecule has 1 aliphatic carbocycles. The maximum atomic E-state index is 7.38. The molecule has 132 valence electrons. The van der Waals surface area contributed by atoms with E-state index < -0.39 is 0 Å². The minimum Gasteiger partial charge on any atom is -0.414 e. The lowest BCUT2D eigenvalue weighted by molar-refractivity contribution is 0.330. The molecular weight excluding hydrogens is 324 g/mol. The van der Waals surface area contributed by atoms with E-state index in [2.05, 4.69) is 60.0 Å². The second-order valence-electron chi connectivity index (χ2n) is 7.89. The lowest BCUT2D eigenvalue weighted by Crippen LogP contribution is -2.10. The highest BCUT2D eigenvalue weighted by molar-refractivity contribution is 5.60. The normalized spacial score (nSPS) is 14.8. The predicted octanol–water partition coefficient (Wildman–Crippen LogP) is 5.64. The number of oxazole rings is 1. The van der Waals surface area contributed by atoms with Crippen molar-refractivity contribution in [2.75, 3.05) is 0 Å². The van der Waals surface area contributed by atoms with Crippen molar-refractivity contribution in [2.45, 2.75) is 51.4 Å². The van der Waals surface area contributed by atoms with Crippen LogP contribution in [0.2, 0.25) is 0 Å². The van der Waals surface area contributed by atoms with Gasteiger partial charge in [0.25, 0.3) is 5.89 Å². The van der Waals surface area contributed by atoms with Gasteiger partial charge in [-0.1, -0.05) is 63.0 Å². The zero-order valence-electron chi connectivity index (χ0n) is 15.4. The standard InChI is InChI=1S/C21H22N4O/c1-21(2,3)16-10-8-14(9-11-16)17-12-13-25(24-17)20-18(22-4)23-19(26-20)15-6-5-7-15/h8-13,15H,5-7H2,1-3H3. The molecule has 4 rings (SSSR count). The summed E-state index contributed by atoms with van der Waals surface area (Å²) in [4.78, 5) is 7.88. The van der Waals surface area contributed by atoms with Gasteiger partial charge in [0, 0.05) is 11.8 Å². The van der Waals surface area contributed by atoms with Crippen LogP contribution in [0.1, 0.15) is 57.4 Å². The molecule has 1 saturated carbocycles. The summed E-state index contributed by atoms with van der Waals surface area (Å²) >= 11 is 0. The summed E-state index contributed by atoms with van der Waals surface area (Å²) in [6, 6.07) is 10.4. The van der Waals surface area contributed by atoms with E-state index >= 15 is 0 Å². The number of rotatable bonds is 3. The van der Waals surface area contributed by atoms with E-state index in [1.807, 2.05) is 12.3 Å². The summed E-state index contributed by atoms with van der Waals surface area (Å²) in [6.07, 6.45) is 5.20. The van der Waals surface area contributed by atoms with Crippen LogP contribution in [0.15, 0.2) is 40.9 Å². The molecule has 0 radical (unpaired) electrons. The van der Waals surface area contributed by atoms with Gasteiger partial charge in [0.05, 0.1) is 11.6 Å². The second-order valence-corrected chi connectivity index (χ2v) is 7.89. The number of hydrogen-bond acceptors (Lipinski definition) is 3. The molecular formula is C21H22N4O. The van der Waals surface area contributed by atoms with E-state index in [1.165, 1.54) is 12.0 Å². The highest BCUT2D eigenvalue weighted by Gasteiger charge is 2.30. The van der Waals surface area contributed by atoms with Gasteiger partial charge in [0.2, 0.25) is 5.88 Å². The number of benzene rings is 1. The summed E-state index contributed by atoms with van der Waals surface area (Å²) in [5.74, 6) is 1.72. The van der Waals surface area contributed by atoms with Crippen LogP contribution in [0.25, 0.3) is 22.0 Å². The third-order valence-corrected chi connectivity index (χ3v) is 5.01. The van der Waals surface area contributed by atoms with Gasteiger partial charge < -0.3 is 9.26 Å². The maximum Gasteiger partial charge on any atom is 0.335 e. The average Bonchev–Trinajstić information content (AvgIpc) is 3.19. The van der Waals surface area contributed by atoms with Gasteiger partial charge in [-0.3, -0.25) is 0 Å². The van der Waals surface area contributed by atoms with E-state index in [1.54, 1.807) is 4.68 Å². The molecule has 2 heterocycles. The first-order chi connectivity index (χ1) is 12.5. The molecule has 0 bridgehead atoms. The SMILES string of the molecule is [C-]#[N+]c1nc(C2CCC2)oc1-n1ccc(-c2ccc(C(C)(C)C)cc2)n1. The average molecular weight is 346 g/mol. The maximum absolute atomic E-state index is 7.38. The van der Waals surface area contributed by atoms with Crippen molar-refractivity contribution in [1.82, 2.24) is 14.8 Å². The highest BCUT2D eigenvalue weighted by atomic mass is 16.4. The van der Waals surface area contributed by atoms with Gasteiger partial charge in [-0.15, -0.1) is 0 Å². The molecule has 0 unspecified atom stereocenters. The van der Waals surface area contributed by atoms with Crippen LogP contribution in [0.4, 0.5) is 5.82 Å². The molecule has 0 atom stereocenters. The van der Waals surface area contributed by atoms with E-state index in [0.717, 1.165) is 24.1 Å². The third kappa shape index (κ3) is 2.92. The van der Waals surface area contributed by atoms with Gasteiger partial charge in [0.1, 0.15) is 0 Å². The van der Waals surface area contributed by atoms with Gasteiger partial charge in [-0.25, -0.2) is 4.68 Å². The fourth-order valence-corrected chi connectivity index (χ4v) is 3.10. The molecule has 0 aliphatic heterocycles.